The Morgan fingerprint density at radius 3 is 2.78 bits per heavy atom. The van der Waals surface area contributed by atoms with Crippen LogP contribution in [0.15, 0.2) is 81.3 Å². The van der Waals surface area contributed by atoms with Crippen molar-refractivity contribution in [1.82, 2.24) is 0 Å². The molecule has 1 unspecified atom stereocenters. The van der Waals surface area contributed by atoms with Crippen molar-refractivity contribution in [2.24, 2.45) is 5.92 Å². The Morgan fingerprint density at radius 2 is 1.78 bits per heavy atom. The number of fused-ring (bicyclic) bond motifs is 1. The van der Waals surface area contributed by atoms with Crippen LogP contribution in [0.2, 0.25) is 0 Å². The van der Waals surface area contributed by atoms with E-state index < -0.39 is 0 Å². The van der Waals surface area contributed by atoms with Crippen molar-refractivity contribution in [2.45, 2.75) is 62.8 Å². The van der Waals surface area contributed by atoms with Gasteiger partial charge in [0.15, 0.2) is 6.54 Å². The molecular weight excluding hydrogens is 477 g/mol. The van der Waals surface area contributed by atoms with Crippen LogP contribution >= 0.6 is 23.1 Å². The molecule has 2 aromatic carbocycles. The maximum atomic E-state index is 2.59. The summed E-state index contributed by atoms with van der Waals surface area (Å²) in [5, 5.41) is 2.87. The molecule has 4 heterocycles. The lowest BCUT2D eigenvalue weighted by Gasteiger charge is -2.30. The summed E-state index contributed by atoms with van der Waals surface area (Å²) >= 11 is 3.95. The zero-order valence-corrected chi connectivity index (χ0v) is 22.3. The van der Waals surface area contributed by atoms with Crippen molar-refractivity contribution in [2.75, 3.05) is 11.4 Å². The Kier molecular flexibility index (Phi) is 5.08. The number of benzene rings is 2. The highest BCUT2D eigenvalue weighted by Crippen LogP contribution is 2.50. The highest BCUT2D eigenvalue weighted by Gasteiger charge is 2.31. The van der Waals surface area contributed by atoms with Crippen molar-refractivity contribution in [3.8, 4) is 0 Å². The van der Waals surface area contributed by atoms with Gasteiger partial charge in [0.1, 0.15) is 4.70 Å². The van der Waals surface area contributed by atoms with Crippen molar-refractivity contribution < 1.29 is 4.57 Å². The van der Waals surface area contributed by atoms with E-state index in [0.29, 0.717) is 0 Å². The maximum Gasteiger partial charge on any atom is 0.263 e. The minimum atomic E-state index is 0.735. The van der Waals surface area contributed by atoms with Crippen molar-refractivity contribution in [1.29, 1.82) is 0 Å². The van der Waals surface area contributed by atoms with Crippen LogP contribution in [0.1, 0.15) is 54.7 Å². The van der Waals surface area contributed by atoms with Gasteiger partial charge < -0.3 is 4.90 Å². The second-order valence-corrected chi connectivity index (χ2v) is 13.0. The first-order valence-corrected chi connectivity index (χ1v) is 15.3. The van der Waals surface area contributed by atoms with Crippen LogP contribution in [0, 0.1) is 5.92 Å². The van der Waals surface area contributed by atoms with E-state index in [2.05, 4.69) is 70.2 Å². The molecule has 3 aliphatic heterocycles. The number of thiazole rings is 1. The number of allylic oxidation sites excluding steroid dienone is 6. The first-order chi connectivity index (χ1) is 17.8. The third-order valence-electron chi connectivity index (χ3n) is 8.68. The van der Waals surface area contributed by atoms with Crippen LogP contribution in [0.5, 0.6) is 0 Å². The summed E-state index contributed by atoms with van der Waals surface area (Å²) in [4.78, 5) is 4.04. The number of aryl methyl sites for hydroxylation is 3. The third kappa shape index (κ3) is 3.48. The second-order valence-electron chi connectivity index (χ2n) is 10.9. The molecule has 0 radical (unpaired) electrons. The molecule has 0 saturated carbocycles. The van der Waals surface area contributed by atoms with Gasteiger partial charge in [-0.15, -0.1) is 0 Å². The second kappa shape index (κ2) is 8.49. The number of para-hydroxylation sites is 2. The monoisotopic (exact) mass is 507 g/mol. The summed E-state index contributed by atoms with van der Waals surface area (Å²) in [6, 6.07) is 13.7. The van der Waals surface area contributed by atoms with E-state index >= 15 is 0 Å². The molecule has 2 nitrogen and oxygen atoms in total. The van der Waals surface area contributed by atoms with Gasteiger partial charge in [0.2, 0.25) is 5.52 Å². The highest BCUT2D eigenvalue weighted by molar-refractivity contribution is 8.03. The van der Waals surface area contributed by atoms with E-state index in [9.17, 15) is 0 Å². The molecule has 1 aromatic heterocycles. The van der Waals surface area contributed by atoms with Gasteiger partial charge in [-0.2, -0.15) is 4.57 Å². The molecule has 2 aliphatic carbocycles. The summed E-state index contributed by atoms with van der Waals surface area (Å²) in [6.07, 6.45) is 20.0. The Balaban J connectivity index is 1.13. The number of anilines is 1. The minimum absolute atomic E-state index is 0.735. The molecule has 36 heavy (non-hydrogen) atoms. The van der Waals surface area contributed by atoms with E-state index in [4.69, 9.17) is 0 Å². The van der Waals surface area contributed by atoms with Crippen LogP contribution in [-0.4, -0.2) is 6.54 Å². The molecular formula is C32H31N2S2+. The minimum Gasteiger partial charge on any atom is -0.335 e. The lowest BCUT2D eigenvalue weighted by molar-refractivity contribution is -0.671. The van der Waals surface area contributed by atoms with Gasteiger partial charge in [0.25, 0.3) is 5.01 Å². The Morgan fingerprint density at radius 1 is 0.889 bits per heavy atom. The van der Waals surface area contributed by atoms with Crippen LogP contribution < -0.4 is 9.47 Å². The van der Waals surface area contributed by atoms with E-state index in [1.165, 1.54) is 104 Å². The normalized spacial score (nSPS) is 24.7. The zero-order chi connectivity index (χ0) is 23.6. The molecule has 0 fully saturated rings. The fourth-order valence-corrected chi connectivity index (χ4v) is 9.37. The van der Waals surface area contributed by atoms with Crippen LogP contribution in [0.3, 0.4) is 0 Å². The molecule has 3 aromatic rings. The lowest BCUT2D eigenvalue weighted by Crippen LogP contribution is -2.38. The van der Waals surface area contributed by atoms with E-state index in [1.807, 2.05) is 23.1 Å². The quantitative estimate of drug-likeness (QED) is 0.325. The number of hydrogen-bond donors (Lipinski definition) is 0. The fraction of sp³-hybridized carbons (Fsp3) is 0.344. The van der Waals surface area contributed by atoms with Gasteiger partial charge >= 0.3 is 0 Å². The molecule has 8 rings (SSSR count). The molecule has 180 valence electrons. The highest BCUT2D eigenvalue weighted by atomic mass is 32.2. The maximum absolute atomic E-state index is 2.59. The van der Waals surface area contributed by atoms with E-state index in [1.54, 1.807) is 5.57 Å². The summed E-state index contributed by atoms with van der Waals surface area (Å²) in [5.74, 6) is 0.735. The third-order valence-corrected chi connectivity index (χ3v) is 10.9. The molecule has 0 amide bonds. The lowest BCUT2D eigenvalue weighted by atomic mass is 9.77. The molecule has 1 atom stereocenters. The Hall–Kier alpha value is -2.56. The fourth-order valence-electron chi connectivity index (χ4n) is 6.94. The summed E-state index contributed by atoms with van der Waals surface area (Å²) in [5.41, 5.74) is 10.6. The van der Waals surface area contributed by atoms with Gasteiger partial charge in [-0.3, -0.25) is 0 Å². The van der Waals surface area contributed by atoms with Crippen molar-refractivity contribution >= 4 is 45.1 Å². The Bertz CT molecular complexity index is 1530. The molecule has 4 heteroatoms. The Labute approximate surface area is 221 Å². The average Bonchev–Trinajstić information content (AvgIpc) is 3.45. The SMILES string of the molecule is C1=C(C=C2Sc3cccc4c3N2CCC4)CCC2CCC(=Cc3sc4cccc5c4[n+]3CCC5)C=C12. The van der Waals surface area contributed by atoms with Gasteiger partial charge in [-0.1, -0.05) is 59.5 Å². The number of aromatic nitrogens is 1. The van der Waals surface area contributed by atoms with E-state index in [-0.39, 0.29) is 0 Å². The van der Waals surface area contributed by atoms with Crippen LogP contribution in [-0.2, 0) is 19.4 Å². The van der Waals surface area contributed by atoms with E-state index in [0.717, 1.165) is 19.0 Å². The molecule has 0 N–H and O–H groups in total. The summed E-state index contributed by atoms with van der Waals surface area (Å²) in [6.45, 7) is 2.32. The van der Waals surface area contributed by atoms with Crippen molar-refractivity contribution in [3.63, 3.8) is 0 Å². The van der Waals surface area contributed by atoms with Gasteiger partial charge in [0.05, 0.1) is 10.7 Å². The predicted molar refractivity (Wildman–Crippen MR) is 152 cm³/mol. The van der Waals surface area contributed by atoms with Gasteiger partial charge in [0, 0.05) is 29.5 Å². The predicted octanol–water partition coefficient (Wildman–Crippen LogP) is 7.97. The summed E-state index contributed by atoms with van der Waals surface area (Å²) < 4.78 is 4.04. The first kappa shape index (κ1) is 21.5. The van der Waals surface area contributed by atoms with Crippen LogP contribution in [0.4, 0.5) is 5.69 Å². The number of hydrogen-bond acceptors (Lipinski definition) is 3. The van der Waals surface area contributed by atoms with Crippen LogP contribution in [0.25, 0.3) is 16.3 Å². The average molecular weight is 508 g/mol. The number of nitrogens with zero attached hydrogens (tertiary/aromatic N) is 2. The molecule has 0 bridgehead atoms. The largest absolute Gasteiger partial charge is 0.335 e. The van der Waals surface area contributed by atoms with Crippen molar-refractivity contribution in [3.05, 3.63) is 92.5 Å². The smallest absolute Gasteiger partial charge is 0.263 e. The van der Waals surface area contributed by atoms with Gasteiger partial charge in [-0.05, 0) is 91.4 Å². The number of rotatable bonds is 2. The first-order valence-electron chi connectivity index (χ1n) is 13.7. The summed E-state index contributed by atoms with van der Waals surface area (Å²) in [7, 11) is 0. The number of thioether (sulfide) groups is 1. The topological polar surface area (TPSA) is 7.12 Å². The molecule has 0 saturated heterocycles. The van der Waals surface area contributed by atoms with Gasteiger partial charge in [-0.25, -0.2) is 0 Å². The molecule has 0 spiro atoms. The molecule has 5 aliphatic rings. The zero-order valence-electron chi connectivity index (χ0n) is 20.6. The standard InChI is InChI=1S/C32H31N2S2/c1-5-24-7-3-15-33-29(35-27(9-1)31(24)33)19-21-11-13-23-14-12-22(18-26(23)17-21)20-30-34-16-4-8-25-6-2-10-28(36-30)32(25)34/h1-2,5-6,9-10,17-20,23H,3-4,7-8,11-16H2/q+1.